The lowest BCUT2D eigenvalue weighted by Gasteiger charge is -1.86. The predicted molar refractivity (Wildman–Crippen MR) is 29.9 cm³/mol. The third kappa shape index (κ3) is 2.99. The molecule has 0 bridgehead atoms. The average Bonchev–Trinajstić information content (AvgIpc) is 1.68. The van der Waals surface area contributed by atoms with E-state index in [4.69, 9.17) is 11.3 Å². The largest absolute Gasteiger partial charge is 0.331 e. The minimum absolute atomic E-state index is 0.808. The molecule has 7 heavy (non-hydrogen) atoms. The zero-order valence-corrected chi connectivity index (χ0v) is 4.23. The van der Waals surface area contributed by atoms with Crippen molar-refractivity contribution in [1.29, 1.82) is 5.41 Å². The van der Waals surface area contributed by atoms with E-state index in [2.05, 4.69) is 5.43 Å². The lowest BCUT2D eigenvalue weighted by atomic mass is 10.4. The van der Waals surface area contributed by atoms with Crippen molar-refractivity contribution in [3.8, 4) is 0 Å². The maximum atomic E-state index is 6.62. The molecule has 0 saturated carbocycles. The first kappa shape index (κ1) is 6.17. The van der Waals surface area contributed by atoms with Gasteiger partial charge >= 0.3 is 0 Å². The van der Waals surface area contributed by atoms with Crippen molar-refractivity contribution >= 4 is 6.21 Å². The van der Waals surface area contributed by atoms with Gasteiger partial charge in [0.05, 0.1) is 0 Å². The van der Waals surface area contributed by atoms with Gasteiger partial charge in [0.25, 0.3) is 0 Å². The summed E-state index contributed by atoms with van der Waals surface area (Å²) in [6.45, 7) is 1.78. The summed E-state index contributed by atoms with van der Waals surface area (Å²) in [5, 5.41) is 6.62. The topological polar surface area (TPSA) is 61.9 Å². The molecule has 4 N–H and O–H groups in total. The maximum Gasteiger partial charge on any atom is 0.0221 e. The van der Waals surface area contributed by atoms with E-state index >= 15 is 0 Å². The van der Waals surface area contributed by atoms with E-state index in [1.165, 1.54) is 6.21 Å². The molecule has 0 fully saturated rings. The highest BCUT2D eigenvalue weighted by Crippen LogP contribution is 1.78. The Morgan fingerprint density at radius 3 is 2.57 bits per heavy atom. The molecule has 0 heterocycles. The molecule has 0 amide bonds. The number of allylic oxidation sites excluding steroid dienone is 1. The molecule has 0 aliphatic heterocycles. The van der Waals surface area contributed by atoms with Crippen LogP contribution in [-0.2, 0) is 0 Å². The number of nitrogens with two attached hydrogens (primary N) is 1. The zero-order chi connectivity index (χ0) is 5.70. The van der Waals surface area contributed by atoms with Gasteiger partial charge in [-0.2, -0.15) is 0 Å². The third-order valence-corrected chi connectivity index (χ3v) is 0.539. The summed E-state index contributed by atoms with van der Waals surface area (Å²) in [7, 11) is 0. The summed E-state index contributed by atoms with van der Waals surface area (Å²) in [4.78, 5) is 0. The van der Waals surface area contributed by atoms with Crippen LogP contribution in [0.2, 0.25) is 0 Å². The highest BCUT2D eigenvalue weighted by Gasteiger charge is 1.72. The van der Waals surface area contributed by atoms with Gasteiger partial charge in [0.2, 0.25) is 0 Å². The van der Waals surface area contributed by atoms with Crippen LogP contribution in [0.3, 0.4) is 0 Å². The monoisotopic (exact) mass is 99.1 g/mol. The smallest absolute Gasteiger partial charge is 0.0221 e. The normalized spacial score (nSPS) is 10.9. The standard InChI is InChI=1S/C4H9N3/c1-4(2-5)3-7-6/h2-3,5,7H,6H2,1H3/b4-3-,5-2?. The summed E-state index contributed by atoms with van der Waals surface area (Å²) >= 11 is 0. The number of nitrogens with one attached hydrogen (secondary N) is 2. The molecule has 0 radical (unpaired) electrons. The van der Waals surface area contributed by atoms with Gasteiger partial charge in [-0.05, 0) is 12.5 Å². The first-order chi connectivity index (χ1) is 3.31. The second-order valence-corrected chi connectivity index (χ2v) is 1.20. The van der Waals surface area contributed by atoms with Crippen molar-refractivity contribution < 1.29 is 0 Å². The van der Waals surface area contributed by atoms with Gasteiger partial charge < -0.3 is 10.8 Å². The summed E-state index contributed by atoms with van der Waals surface area (Å²) in [6, 6.07) is 0. The lowest BCUT2D eigenvalue weighted by Crippen LogP contribution is -2.13. The van der Waals surface area contributed by atoms with Gasteiger partial charge in [0, 0.05) is 12.4 Å². The Kier molecular flexibility index (Phi) is 2.96. The molecule has 0 aliphatic rings. The van der Waals surface area contributed by atoms with Crippen molar-refractivity contribution in [1.82, 2.24) is 5.43 Å². The summed E-state index contributed by atoms with van der Waals surface area (Å²) < 4.78 is 0. The van der Waals surface area contributed by atoms with Crippen molar-refractivity contribution in [2.75, 3.05) is 0 Å². The maximum absolute atomic E-state index is 6.62. The van der Waals surface area contributed by atoms with Gasteiger partial charge in [-0.25, -0.2) is 0 Å². The van der Waals surface area contributed by atoms with E-state index in [1.807, 2.05) is 0 Å². The minimum Gasteiger partial charge on any atom is -0.331 e. The van der Waals surface area contributed by atoms with Gasteiger partial charge in [-0.1, -0.05) is 0 Å². The van der Waals surface area contributed by atoms with E-state index in [9.17, 15) is 0 Å². The van der Waals surface area contributed by atoms with Crippen LogP contribution in [0.4, 0.5) is 0 Å². The molecular formula is C4H9N3. The molecule has 0 aromatic heterocycles. The van der Waals surface area contributed by atoms with Crippen LogP contribution in [0.25, 0.3) is 0 Å². The number of hydrazine groups is 1. The van der Waals surface area contributed by atoms with Gasteiger partial charge in [0.15, 0.2) is 0 Å². The molecule has 0 aromatic carbocycles. The molecule has 0 spiro atoms. The number of rotatable bonds is 2. The molecule has 40 valence electrons. The Morgan fingerprint density at radius 1 is 1.86 bits per heavy atom. The zero-order valence-electron chi connectivity index (χ0n) is 4.23. The first-order valence-electron chi connectivity index (χ1n) is 1.94. The Hall–Kier alpha value is -0.830. The van der Waals surface area contributed by atoms with Gasteiger partial charge in [0.1, 0.15) is 0 Å². The van der Waals surface area contributed by atoms with Crippen molar-refractivity contribution in [3.05, 3.63) is 11.8 Å². The van der Waals surface area contributed by atoms with E-state index in [0.717, 1.165) is 5.57 Å². The molecule has 3 nitrogen and oxygen atoms in total. The molecular weight excluding hydrogens is 90.1 g/mol. The highest BCUT2D eigenvalue weighted by atomic mass is 15.2. The molecule has 0 rings (SSSR count). The molecule has 0 aliphatic carbocycles. The van der Waals surface area contributed by atoms with E-state index in [1.54, 1.807) is 13.1 Å². The number of hydrogen-bond acceptors (Lipinski definition) is 3. The fourth-order valence-corrected chi connectivity index (χ4v) is 0.173. The van der Waals surface area contributed by atoms with Gasteiger partial charge in [-0.3, -0.25) is 5.84 Å². The van der Waals surface area contributed by atoms with E-state index < -0.39 is 0 Å². The SMILES string of the molecule is C/C(C=N)=C/NN. The molecule has 3 heteroatoms. The highest BCUT2D eigenvalue weighted by molar-refractivity contribution is 5.74. The van der Waals surface area contributed by atoms with Crippen molar-refractivity contribution in [2.24, 2.45) is 5.84 Å². The lowest BCUT2D eigenvalue weighted by molar-refractivity contribution is 0.960. The van der Waals surface area contributed by atoms with Gasteiger partial charge in [-0.15, -0.1) is 0 Å². The van der Waals surface area contributed by atoms with E-state index in [-0.39, 0.29) is 0 Å². The average molecular weight is 99.1 g/mol. The van der Waals surface area contributed by atoms with Crippen LogP contribution in [0.15, 0.2) is 11.8 Å². The summed E-state index contributed by atoms with van der Waals surface area (Å²) in [5.74, 6) is 4.88. The first-order valence-corrected chi connectivity index (χ1v) is 1.94. The fraction of sp³-hybridized carbons (Fsp3) is 0.250. The predicted octanol–water partition coefficient (Wildman–Crippen LogP) is 0.00307. The summed E-state index contributed by atoms with van der Waals surface area (Å²) in [5.41, 5.74) is 3.11. The van der Waals surface area contributed by atoms with Crippen LogP contribution < -0.4 is 11.3 Å². The summed E-state index contributed by atoms with van der Waals surface area (Å²) in [6.07, 6.45) is 2.77. The minimum atomic E-state index is 0.808. The number of hydrogen-bond donors (Lipinski definition) is 3. The van der Waals surface area contributed by atoms with Crippen LogP contribution >= 0.6 is 0 Å². The molecule has 0 saturated heterocycles. The second kappa shape index (κ2) is 3.36. The Morgan fingerprint density at radius 2 is 2.43 bits per heavy atom. The molecule has 0 aromatic rings. The Balaban J connectivity index is 3.49. The molecule has 0 unspecified atom stereocenters. The van der Waals surface area contributed by atoms with Crippen molar-refractivity contribution in [3.63, 3.8) is 0 Å². The van der Waals surface area contributed by atoms with Crippen LogP contribution in [0.5, 0.6) is 0 Å². The Bertz CT molecular complexity index is 84.9. The third-order valence-electron chi connectivity index (χ3n) is 0.539. The Labute approximate surface area is 42.7 Å². The van der Waals surface area contributed by atoms with Crippen LogP contribution in [0, 0.1) is 5.41 Å². The molecule has 0 atom stereocenters. The van der Waals surface area contributed by atoms with Crippen LogP contribution in [0.1, 0.15) is 6.92 Å². The van der Waals surface area contributed by atoms with Crippen LogP contribution in [-0.4, -0.2) is 6.21 Å². The quantitative estimate of drug-likeness (QED) is 0.259. The van der Waals surface area contributed by atoms with E-state index in [0.29, 0.717) is 0 Å². The van der Waals surface area contributed by atoms with Crippen molar-refractivity contribution in [2.45, 2.75) is 6.92 Å². The second-order valence-electron chi connectivity index (χ2n) is 1.20. The fourth-order valence-electron chi connectivity index (χ4n) is 0.173.